The Morgan fingerprint density at radius 2 is 1.57 bits per heavy atom. The number of hydrogen-bond donors (Lipinski definition) is 0. The standard InChI is InChI=1S/C26H40O2/c1-11-19(2)14-15-20(3)24(7)23(6)17-21(4)22(5)18-26(25(8)28-10)13-12-16-27-9/h14-15,17-20H,4-5,7-8,11-13,16H2,1-3,6,9-10H3/b15-14-,23-17-,26-18-. The van der Waals surface area contributed by atoms with E-state index in [0.717, 1.165) is 47.1 Å². The molecular formula is C26H40O2. The monoisotopic (exact) mass is 384 g/mol. The number of rotatable bonds is 14. The molecule has 2 unspecified atom stereocenters. The first-order valence-corrected chi connectivity index (χ1v) is 10.0. The number of allylic oxidation sites excluding steroid dienone is 9. The van der Waals surface area contributed by atoms with Gasteiger partial charge in [-0.05, 0) is 65.5 Å². The normalized spacial score (nSPS) is 14.6. The van der Waals surface area contributed by atoms with E-state index < -0.39 is 0 Å². The van der Waals surface area contributed by atoms with Crippen LogP contribution < -0.4 is 0 Å². The molecule has 0 aliphatic carbocycles. The van der Waals surface area contributed by atoms with E-state index in [1.54, 1.807) is 14.2 Å². The Kier molecular flexibility index (Phi) is 13.0. The minimum absolute atomic E-state index is 0.291. The van der Waals surface area contributed by atoms with Gasteiger partial charge in [0.2, 0.25) is 0 Å². The van der Waals surface area contributed by atoms with Crippen molar-refractivity contribution in [3.63, 3.8) is 0 Å². The minimum atomic E-state index is 0.291. The highest BCUT2D eigenvalue weighted by Crippen LogP contribution is 2.24. The molecule has 0 rings (SSSR count). The minimum Gasteiger partial charge on any atom is -0.497 e. The molecule has 0 aliphatic rings. The van der Waals surface area contributed by atoms with E-state index in [-0.39, 0.29) is 0 Å². The van der Waals surface area contributed by atoms with E-state index in [0.29, 0.717) is 24.2 Å². The lowest BCUT2D eigenvalue weighted by Crippen LogP contribution is -1.99. The summed E-state index contributed by atoms with van der Waals surface area (Å²) in [4.78, 5) is 0. The lowest BCUT2D eigenvalue weighted by molar-refractivity contribution is 0.194. The summed E-state index contributed by atoms with van der Waals surface area (Å²) in [5, 5.41) is 0. The lowest BCUT2D eigenvalue weighted by atomic mass is 9.92. The van der Waals surface area contributed by atoms with Crippen molar-refractivity contribution in [2.45, 2.75) is 47.0 Å². The van der Waals surface area contributed by atoms with Gasteiger partial charge in [-0.15, -0.1) is 0 Å². The summed E-state index contributed by atoms with van der Waals surface area (Å²) < 4.78 is 10.5. The summed E-state index contributed by atoms with van der Waals surface area (Å²) in [6.45, 7) is 26.0. The van der Waals surface area contributed by atoms with Crippen molar-refractivity contribution in [3.05, 3.63) is 84.2 Å². The molecule has 0 aromatic heterocycles. The Hall–Kier alpha value is -2.06. The van der Waals surface area contributed by atoms with Crippen LogP contribution in [0.25, 0.3) is 0 Å². The maximum atomic E-state index is 5.32. The van der Waals surface area contributed by atoms with Crippen molar-refractivity contribution < 1.29 is 9.47 Å². The molecule has 0 N–H and O–H groups in total. The molecule has 0 fully saturated rings. The Labute approximate surface area is 173 Å². The summed E-state index contributed by atoms with van der Waals surface area (Å²) >= 11 is 0. The average Bonchev–Trinajstić information content (AvgIpc) is 2.69. The van der Waals surface area contributed by atoms with Crippen LogP contribution in [0.5, 0.6) is 0 Å². The van der Waals surface area contributed by atoms with E-state index in [1.165, 1.54) is 0 Å². The molecular weight excluding hydrogens is 344 g/mol. The van der Waals surface area contributed by atoms with Crippen LogP contribution in [-0.4, -0.2) is 20.8 Å². The molecule has 2 atom stereocenters. The highest BCUT2D eigenvalue weighted by molar-refractivity contribution is 5.49. The Morgan fingerprint density at radius 1 is 0.964 bits per heavy atom. The highest BCUT2D eigenvalue weighted by atomic mass is 16.5. The van der Waals surface area contributed by atoms with Gasteiger partial charge in [-0.1, -0.05) is 71.7 Å². The summed E-state index contributed by atoms with van der Waals surface area (Å²) in [5.74, 6) is 1.53. The second-order valence-electron chi connectivity index (χ2n) is 7.36. The second-order valence-corrected chi connectivity index (χ2v) is 7.36. The van der Waals surface area contributed by atoms with Crippen molar-refractivity contribution >= 4 is 0 Å². The quantitative estimate of drug-likeness (QED) is 0.135. The number of hydrogen-bond acceptors (Lipinski definition) is 2. The summed E-state index contributed by atoms with van der Waals surface area (Å²) in [7, 11) is 3.33. The van der Waals surface area contributed by atoms with Gasteiger partial charge >= 0.3 is 0 Å². The summed E-state index contributed by atoms with van der Waals surface area (Å²) in [5.41, 5.74) is 4.94. The van der Waals surface area contributed by atoms with Gasteiger partial charge in [-0.3, -0.25) is 0 Å². The van der Waals surface area contributed by atoms with Crippen LogP contribution in [0, 0.1) is 11.8 Å². The number of ether oxygens (including phenoxy) is 2. The third kappa shape index (κ3) is 9.75. The fraction of sp³-hybridized carbons (Fsp3) is 0.462. The Morgan fingerprint density at radius 3 is 2.11 bits per heavy atom. The molecule has 156 valence electrons. The molecule has 0 saturated heterocycles. The van der Waals surface area contributed by atoms with Crippen LogP contribution in [-0.2, 0) is 9.47 Å². The first-order chi connectivity index (χ1) is 13.2. The molecule has 0 aliphatic heterocycles. The molecule has 2 nitrogen and oxygen atoms in total. The second kappa shape index (κ2) is 14.0. The van der Waals surface area contributed by atoms with Crippen molar-refractivity contribution in [1.29, 1.82) is 0 Å². The van der Waals surface area contributed by atoms with Crippen LogP contribution in [0.3, 0.4) is 0 Å². The van der Waals surface area contributed by atoms with Gasteiger partial charge in [0, 0.05) is 13.7 Å². The molecule has 0 spiro atoms. The molecule has 0 aromatic carbocycles. The lowest BCUT2D eigenvalue weighted by Gasteiger charge is -2.14. The van der Waals surface area contributed by atoms with Crippen LogP contribution >= 0.6 is 0 Å². The van der Waals surface area contributed by atoms with Gasteiger partial charge in [0.05, 0.1) is 7.11 Å². The van der Waals surface area contributed by atoms with Crippen LogP contribution in [0.4, 0.5) is 0 Å². The van der Waals surface area contributed by atoms with Crippen LogP contribution in [0.2, 0.25) is 0 Å². The highest BCUT2D eigenvalue weighted by Gasteiger charge is 2.08. The van der Waals surface area contributed by atoms with Crippen molar-refractivity contribution in [2.24, 2.45) is 11.8 Å². The van der Waals surface area contributed by atoms with Gasteiger partial charge in [-0.25, -0.2) is 0 Å². The van der Waals surface area contributed by atoms with Gasteiger partial charge in [0.1, 0.15) is 5.76 Å². The molecule has 2 heteroatoms. The van der Waals surface area contributed by atoms with E-state index in [9.17, 15) is 0 Å². The third-order valence-corrected chi connectivity index (χ3v) is 4.98. The predicted octanol–water partition coefficient (Wildman–Crippen LogP) is 7.35. The zero-order valence-corrected chi connectivity index (χ0v) is 18.9. The van der Waals surface area contributed by atoms with Gasteiger partial charge < -0.3 is 9.47 Å². The van der Waals surface area contributed by atoms with Crippen molar-refractivity contribution in [3.8, 4) is 0 Å². The van der Waals surface area contributed by atoms with Gasteiger partial charge in [-0.2, -0.15) is 0 Å². The maximum Gasteiger partial charge on any atom is 0.114 e. The van der Waals surface area contributed by atoms with E-state index in [1.807, 2.05) is 6.08 Å². The SMILES string of the molecule is C=C(/C=C(/C)C(=C)C(C)/C=C\C(C)CC)C(=C)/C=C(/CCCOC)C(=C)OC. The summed E-state index contributed by atoms with van der Waals surface area (Å²) in [6.07, 6.45) is 11.4. The Balaban J connectivity index is 5.21. The number of methoxy groups -OCH3 is 2. The molecule has 0 bridgehead atoms. The molecule has 0 heterocycles. The van der Waals surface area contributed by atoms with Gasteiger partial charge in [0.15, 0.2) is 0 Å². The summed E-state index contributed by atoms with van der Waals surface area (Å²) in [6, 6.07) is 0. The van der Waals surface area contributed by atoms with Crippen molar-refractivity contribution in [2.75, 3.05) is 20.8 Å². The van der Waals surface area contributed by atoms with E-state index in [2.05, 4.69) is 72.2 Å². The predicted molar refractivity (Wildman–Crippen MR) is 124 cm³/mol. The topological polar surface area (TPSA) is 18.5 Å². The van der Waals surface area contributed by atoms with Crippen LogP contribution in [0.1, 0.15) is 47.0 Å². The van der Waals surface area contributed by atoms with Gasteiger partial charge in [0.25, 0.3) is 0 Å². The largest absolute Gasteiger partial charge is 0.497 e. The zero-order chi connectivity index (χ0) is 21.7. The first-order valence-electron chi connectivity index (χ1n) is 10.0. The van der Waals surface area contributed by atoms with E-state index >= 15 is 0 Å². The molecule has 28 heavy (non-hydrogen) atoms. The first kappa shape index (κ1) is 25.9. The fourth-order valence-corrected chi connectivity index (χ4v) is 2.55. The third-order valence-electron chi connectivity index (χ3n) is 4.98. The van der Waals surface area contributed by atoms with E-state index in [4.69, 9.17) is 9.47 Å². The van der Waals surface area contributed by atoms with Crippen LogP contribution in [0.15, 0.2) is 84.2 Å². The molecule has 0 radical (unpaired) electrons. The van der Waals surface area contributed by atoms with Crippen molar-refractivity contribution in [1.82, 2.24) is 0 Å². The smallest absolute Gasteiger partial charge is 0.114 e. The average molecular weight is 385 g/mol. The molecule has 0 amide bonds. The fourth-order valence-electron chi connectivity index (χ4n) is 2.55. The molecule has 0 saturated carbocycles. The molecule has 0 aromatic rings. The zero-order valence-electron chi connectivity index (χ0n) is 18.9. The maximum absolute atomic E-state index is 5.32. The Bertz CT molecular complexity index is 643.